The number of hydrogen-bond donors (Lipinski definition) is 0. The van der Waals surface area contributed by atoms with E-state index < -0.39 is 0 Å². The van der Waals surface area contributed by atoms with E-state index in [1.807, 2.05) is 23.0 Å². The molecule has 0 bridgehead atoms. The van der Waals surface area contributed by atoms with Crippen molar-refractivity contribution in [3.05, 3.63) is 18.3 Å². The normalized spacial score (nSPS) is 10.2. The molecule has 2 aromatic rings. The molecule has 1 aromatic carbocycles. The van der Waals surface area contributed by atoms with E-state index in [1.54, 1.807) is 21.3 Å². The second-order valence-corrected chi connectivity index (χ2v) is 3.65. The lowest BCUT2D eigenvalue weighted by molar-refractivity contribution is 0.184. The van der Waals surface area contributed by atoms with E-state index in [0.717, 1.165) is 17.4 Å². The number of ether oxygens (including phenoxy) is 3. The van der Waals surface area contributed by atoms with E-state index in [0.29, 0.717) is 18.1 Å². The van der Waals surface area contributed by atoms with Crippen LogP contribution < -0.4 is 9.47 Å². The fourth-order valence-electron chi connectivity index (χ4n) is 1.70. The molecule has 0 aliphatic heterocycles. The molecule has 5 nitrogen and oxygen atoms in total. The Morgan fingerprint density at radius 1 is 1.11 bits per heavy atom. The number of fused-ring (bicyclic) bond motifs is 1. The fraction of sp³-hybridized carbons (Fsp3) is 0.417. The maximum Gasteiger partial charge on any atom is 0.162 e. The van der Waals surface area contributed by atoms with Crippen LogP contribution in [0.1, 0.15) is 0 Å². The molecule has 1 heterocycles. The van der Waals surface area contributed by atoms with Crippen molar-refractivity contribution in [3.63, 3.8) is 0 Å². The van der Waals surface area contributed by atoms with Crippen LogP contribution in [-0.2, 0) is 11.3 Å². The lowest BCUT2D eigenvalue weighted by atomic mass is 10.2. The molecule has 0 unspecified atom stereocenters. The molecular formula is C12H17ClN2O3. The molecule has 0 atom stereocenters. The maximum atomic E-state index is 5.25. The number of hydrogen-bond acceptors (Lipinski definition) is 4. The van der Waals surface area contributed by atoms with Crippen LogP contribution in [-0.4, -0.2) is 37.7 Å². The summed E-state index contributed by atoms with van der Waals surface area (Å²) in [7, 11) is 4.92. The predicted molar refractivity (Wildman–Crippen MR) is 72.0 cm³/mol. The average molecular weight is 273 g/mol. The molecule has 18 heavy (non-hydrogen) atoms. The van der Waals surface area contributed by atoms with Crippen molar-refractivity contribution < 1.29 is 14.2 Å². The Bertz CT molecular complexity index is 472. The Morgan fingerprint density at radius 2 is 1.78 bits per heavy atom. The third kappa shape index (κ3) is 2.86. The minimum Gasteiger partial charge on any atom is -0.493 e. The highest BCUT2D eigenvalue weighted by molar-refractivity contribution is 5.85. The molecule has 2 rings (SSSR count). The molecule has 0 saturated carbocycles. The predicted octanol–water partition coefficient (Wildman–Crippen LogP) is 2.12. The highest BCUT2D eigenvalue weighted by Gasteiger charge is 2.08. The summed E-state index contributed by atoms with van der Waals surface area (Å²) in [5, 5.41) is 5.46. The molecule has 6 heteroatoms. The lowest BCUT2D eigenvalue weighted by Gasteiger charge is -2.05. The Morgan fingerprint density at radius 3 is 2.39 bits per heavy atom. The van der Waals surface area contributed by atoms with Crippen LogP contribution in [0.25, 0.3) is 10.9 Å². The van der Waals surface area contributed by atoms with Crippen LogP contribution in [0.3, 0.4) is 0 Å². The molecule has 0 aliphatic rings. The summed E-state index contributed by atoms with van der Waals surface area (Å²) >= 11 is 0. The summed E-state index contributed by atoms with van der Waals surface area (Å²) in [6.07, 6.45) is 1.97. The van der Waals surface area contributed by atoms with Gasteiger partial charge < -0.3 is 14.2 Å². The van der Waals surface area contributed by atoms with Crippen molar-refractivity contribution in [1.82, 2.24) is 9.78 Å². The third-order valence-corrected chi connectivity index (χ3v) is 2.58. The molecule has 100 valence electrons. The third-order valence-electron chi connectivity index (χ3n) is 2.58. The topological polar surface area (TPSA) is 45.5 Å². The molecule has 0 N–H and O–H groups in total. The van der Waals surface area contributed by atoms with Crippen LogP contribution in [0.5, 0.6) is 11.5 Å². The Balaban J connectivity index is 0.00000162. The molecule has 0 amide bonds. The van der Waals surface area contributed by atoms with E-state index in [2.05, 4.69) is 5.10 Å². The van der Waals surface area contributed by atoms with Gasteiger partial charge in [0.25, 0.3) is 0 Å². The minimum absolute atomic E-state index is 0. The van der Waals surface area contributed by atoms with Crippen molar-refractivity contribution in [1.29, 1.82) is 0 Å². The summed E-state index contributed by atoms with van der Waals surface area (Å²) in [6.45, 7) is 1.37. The van der Waals surface area contributed by atoms with Crippen LogP contribution in [0.2, 0.25) is 0 Å². The molecule has 0 spiro atoms. The van der Waals surface area contributed by atoms with Crippen molar-refractivity contribution in [2.75, 3.05) is 27.9 Å². The van der Waals surface area contributed by atoms with Crippen molar-refractivity contribution in [3.8, 4) is 11.5 Å². The number of methoxy groups -OCH3 is 3. The monoisotopic (exact) mass is 272 g/mol. The molecule has 0 aliphatic carbocycles. The molecule has 0 saturated heterocycles. The van der Waals surface area contributed by atoms with Gasteiger partial charge in [-0.15, -0.1) is 12.4 Å². The quantitative estimate of drug-likeness (QED) is 0.836. The first-order valence-electron chi connectivity index (χ1n) is 5.36. The summed E-state index contributed by atoms with van der Waals surface area (Å²) in [6, 6.07) is 3.79. The Kier molecular flexibility index (Phi) is 5.25. The average Bonchev–Trinajstić information content (AvgIpc) is 2.76. The lowest BCUT2D eigenvalue weighted by Crippen LogP contribution is -2.03. The van der Waals surface area contributed by atoms with Gasteiger partial charge in [0, 0.05) is 24.8 Å². The highest BCUT2D eigenvalue weighted by atomic mass is 35.5. The second-order valence-electron chi connectivity index (χ2n) is 3.65. The van der Waals surface area contributed by atoms with Gasteiger partial charge in [0.2, 0.25) is 0 Å². The standard InChI is InChI=1S/C12H16N2O3.ClH/c1-15-5-4-14-8-9-6-11(16-2)12(17-3)7-10(9)13-14;/h6-8H,4-5H2,1-3H3;1H. The van der Waals surface area contributed by atoms with Crippen molar-refractivity contribution >= 4 is 23.3 Å². The number of benzene rings is 1. The maximum absolute atomic E-state index is 5.25. The Labute approximate surface area is 112 Å². The highest BCUT2D eigenvalue weighted by Crippen LogP contribution is 2.31. The van der Waals surface area contributed by atoms with Gasteiger partial charge in [-0.05, 0) is 6.07 Å². The Hall–Kier alpha value is -1.46. The SMILES string of the molecule is COCCn1cc2cc(OC)c(OC)cc2n1.Cl. The summed E-state index contributed by atoms with van der Waals surface area (Å²) in [5.41, 5.74) is 0.888. The van der Waals surface area contributed by atoms with Gasteiger partial charge in [0.15, 0.2) is 11.5 Å². The zero-order chi connectivity index (χ0) is 12.3. The van der Waals surface area contributed by atoms with Gasteiger partial charge in [-0.25, -0.2) is 0 Å². The summed E-state index contributed by atoms with van der Waals surface area (Å²) < 4.78 is 17.4. The number of halogens is 1. The smallest absolute Gasteiger partial charge is 0.162 e. The first kappa shape index (κ1) is 14.6. The van der Waals surface area contributed by atoms with E-state index in [1.165, 1.54) is 0 Å². The van der Waals surface area contributed by atoms with Gasteiger partial charge in [-0.2, -0.15) is 5.10 Å². The zero-order valence-corrected chi connectivity index (χ0v) is 11.5. The molecule has 1 aromatic heterocycles. The number of nitrogens with zero attached hydrogens (tertiary/aromatic N) is 2. The van der Waals surface area contributed by atoms with Crippen molar-refractivity contribution in [2.45, 2.75) is 6.54 Å². The van der Waals surface area contributed by atoms with E-state index in [4.69, 9.17) is 14.2 Å². The first-order valence-corrected chi connectivity index (χ1v) is 5.36. The zero-order valence-electron chi connectivity index (χ0n) is 10.7. The minimum atomic E-state index is 0. The van der Waals surface area contributed by atoms with Crippen LogP contribution in [0.15, 0.2) is 18.3 Å². The second kappa shape index (κ2) is 6.47. The van der Waals surface area contributed by atoms with Gasteiger partial charge >= 0.3 is 0 Å². The van der Waals surface area contributed by atoms with Crippen LogP contribution >= 0.6 is 12.4 Å². The van der Waals surface area contributed by atoms with E-state index >= 15 is 0 Å². The van der Waals surface area contributed by atoms with Crippen LogP contribution in [0, 0.1) is 0 Å². The largest absolute Gasteiger partial charge is 0.493 e. The van der Waals surface area contributed by atoms with Gasteiger partial charge in [-0.1, -0.05) is 0 Å². The molecule has 0 radical (unpaired) electrons. The van der Waals surface area contributed by atoms with Crippen LogP contribution in [0.4, 0.5) is 0 Å². The van der Waals surface area contributed by atoms with Gasteiger partial charge in [0.1, 0.15) is 0 Å². The number of aromatic nitrogens is 2. The fourth-order valence-corrected chi connectivity index (χ4v) is 1.70. The summed E-state index contributed by atoms with van der Waals surface area (Å²) in [5.74, 6) is 1.41. The van der Waals surface area contributed by atoms with Gasteiger partial charge in [0.05, 0.1) is 32.9 Å². The molecular weight excluding hydrogens is 256 g/mol. The van der Waals surface area contributed by atoms with E-state index in [9.17, 15) is 0 Å². The summed E-state index contributed by atoms with van der Waals surface area (Å²) in [4.78, 5) is 0. The van der Waals surface area contributed by atoms with Crippen molar-refractivity contribution in [2.24, 2.45) is 0 Å². The van der Waals surface area contributed by atoms with Gasteiger partial charge in [-0.3, -0.25) is 4.68 Å². The first-order chi connectivity index (χ1) is 8.28. The number of rotatable bonds is 5. The van der Waals surface area contributed by atoms with E-state index in [-0.39, 0.29) is 12.4 Å². The molecule has 0 fully saturated rings.